The molecule has 0 aliphatic heterocycles. The standard InChI is InChI=1S/C45H34N6S/c1-3-14-34(15-4-2)50(35-16-8-5-9-17-35)38-26-22-32(23-27-38)40-42-43(47-31-30-46-42)41(45-44(40)48-52-49-45)33-24-28-39(29-25-33)51(36-18-10-6-11-19-36)37-20-12-7-13-21-37/h3-31H,1H2,2H3/b15-4-,34-14+. The van der Waals surface area contributed by atoms with Crippen LogP contribution in [0.3, 0.4) is 0 Å². The summed E-state index contributed by atoms with van der Waals surface area (Å²) in [7, 11) is 0. The number of nitrogens with zero attached hydrogens (tertiary/aromatic N) is 6. The lowest BCUT2D eigenvalue weighted by Crippen LogP contribution is -2.15. The van der Waals surface area contributed by atoms with Crippen molar-refractivity contribution in [1.29, 1.82) is 0 Å². The summed E-state index contributed by atoms with van der Waals surface area (Å²) in [6, 6.07) is 48.3. The quantitative estimate of drug-likeness (QED) is 0.133. The maximum Gasteiger partial charge on any atom is 0.115 e. The smallest absolute Gasteiger partial charge is 0.115 e. The molecule has 8 aromatic rings. The van der Waals surface area contributed by atoms with Gasteiger partial charge in [-0.3, -0.25) is 9.97 Å². The zero-order chi connectivity index (χ0) is 35.3. The third kappa shape index (κ3) is 6.14. The third-order valence-corrected chi connectivity index (χ3v) is 9.42. The van der Waals surface area contributed by atoms with Gasteiger partial charge in [-0.05, 0) is 90.9 Å². The molecule has 2 aromatic heterocycles. The predicted molar refractivity (Wildman–Crippen MR) is 218 cm³/mol. The minimum Gasteiger partial charge on any atom is -0.311 e. The molecule has 0 unspecified atom stereocenters. The fraction of sp³-hybridized carbons (Fsp3) is 0.0222. The molecule has 7 heteroatoms. The summed E-state index contributed by atoms with van der Waals surface area (Å²) in [4.78, 5) is 14.3. The van der Waals surface area contributed by atoms with E-state index in [1.54, 1.807) is 12.4 Å². The summed E-state index contributed by atoms with van der Waals surface area (Å²) in [5.74, 6) is 0. The third-order valence-electron chi connectivity index (χ3n) is 8.89. The van der Waals surface area contributed by atoms with Crippen molar-refractivity contribution in [2.45, 2.75) is 6.92 Å². The molecule has 0 saturated carbocycles. The Kier molecular flexibility index (Phi) is 9.16. The molecule has 6 aromatic carbocycles. The molecular weight excluding hydrogens is 657 g/mol. The van der Waals surface area contributed by atoms with Crippen molar-refractivity contribution in [2.75, 3.05) is 9.80 Å². The Bertz CT molecular complexity index is 2490. The highest BCUT2D eigenvalue weighted by atomic mass is 32.1. The van der Waals surface area contributed by atoms with Crippen LogP contribution in [0.5, 0.6) is 0 Å². The molecule has 0 amide bonds. The van der Waals surface area contributed by atoms with Crippen molar-refractivity contribution >= 4 is 62.2 Å². The fourth-order valence-electron chi connectivity index (χ4n) is 6.67. The van der Waals surface area contributed by atoms with E-state index >= 15 is 0 Å². The Morgan fingerprint density at radius 1 is 0.538 bits per heavy atom. The fourth-order valence-corrected chi connectivity index (χ4v) is 7.23. The zero-order valence-electron chi connectivity index (χ0n) is 28.5. The molecule has 0 atom stereocenters. The molecule has 8 rings (SSSR count). The summed E-state index contributed by atoms with van der Waals surface area (Å²) in [6.07, 6.45) is 11.4. The minimum absolute atomic E-state index is 0.783. The van der Waals surface area contributed by atoms with Crippen LogP contribution in [-0.2, 0) is 0 Å². The van der Waals surface area contributed by atoms with E-state index in [1.807, 2.05) is 55.5 Å². The van der Waals surface area contributed by atoms with Crippen molar-refractivity contribution < 1.29 is 0 Å². The van der Waals surface area contributed by atoms with E-state index in [1.165, 1.54) is 11.7 Å². The molecule has 52 heavy (non-hydrogen) atoms. The Labute approximate surface area is 307 Å². The summed E-state index contributed by atoms with van der Waals surface area (Å²) >= 11 is 1.21. The van der Waals surface area contributed by atoms with Crippen molar-refractivity contribution in [1.82, 2.24) is 18.7 Å². The Morgan fingerprint density at radius 3 is 1.42 bits per heavy atom. The Balaban J connectivity index is 1.23. The second-order valence-corrected chi connectivity index (χ2v) is 12.6. The maximum absolute atomic E-state index is 4.91. The van der Waals surface area contributed by atoms with Gasteiger partial charge in [0.25, 0.3) is 0 Å². The highest BCUT2D eigenvalue weighted by Gasteiger charge is 2.23. The molecule has 0 fully saturated rings. The number of allylic oxidation sites excluding steroid dienone is 4. The number of hydrogen-bond acceptors (Lipinski definition) is 7. The average molecular weight is 691 g/mol. The topological polar surface area (TPSA) is 58.0 Å². The highest BCUT2D eigenvalue weighted by Crippen LogP contribution is 2.43. The van der Waals surface area contributed by atoms with Gasteiger partial charge < -0.3 is 9.80 Å². The van der Waals surface area contributed by atoms with E-state index in [2.05, 4.69) is 132 Å². The van der Waals surface area contributed by atoms with Crippen molar-refractivity contribution in [3.8, 4) is 22.3 Å². The Morgan fingerprint density at radius 2 is 0.962 bits per heavy atom. The molecule has 0 N–H and O–H groups in total. The number of anilines is 5. The van der Waals surface area contributed by atoms with E-state index in [0.717, 1.165) is 78.5 Å². The van der Waals surface area contributed by atoms with Crippen molar-refractivity contribution in [3.05, 3.63) is 189 Å². The van der Waals surface area contributed by atoms with Gasteiger partial charge in [-0.15, -0.1) is 0 Å². The van der Waals surface area contributed by atoms with Crippen LogP contribution in [0.4, 0.5) is 28.4 Å². The summed E-state index contributed by atoms with van der Waals surface area (Å²) in [5.41, 5.74) is 13.3. The second-order valence-electron chi connectivity index (χ2n) is 12.1. The van der Waals surface area contributed by atoms with E-state index < -0.39 is 0 Å². The van der Waals surface area contributed by atoms with Crippen LogP contribution in [0.1, 0.15) is 6.92 Å². The molecule has 0 aliphatic rings. The van der Waals surface area contributed by atoms with Crippen LogP contribution in [0.2, 0.25) is 0 Å². The number of rotatable bonds is 10. The summed E-state index contributed by atoms with van der Waals surface area (Å²) < 4.78 is 9.71. The number of benzene rings is 6. The van der Waals surface area contributed by atoms with Gasteiger partial charge in [0.05, 0.1) is 22.8 Å². The van der Waals surface area contributed by atoms with Gasteiger partial charge in [0.15, 0.2) is 0 Å². The number of hydrogen-bond donors (Lipinski definition) is 0. The van der Waals surface area contributed by atoms with Crippen LogP contribution in [-0.4, -0.2) is 18.7 Å². The van der Waals surface area contributed by atoms with Gasteiger partial charge in [0, 0.05) is 57.7 Å². The molecule has 0 radical (unpaired) electrons. The number of aromatic nitrogens is 4. The lowest BCUT2D eigenvalue weighted by Gasteiger charge is -2.26. The number of para-hydroxylation sites is 3. The predicted octanol–water partition coefficient (Wildman–Crippen LogP) is 12.2. The van der Waals surface area contributed by atoms with Gasteiger partial charge in [0.2, 0.25) is 0 Å². The molecule has 2 heterocycles. The molecule has 0 aliphatic carbocycles. The van der Waals surface area contributed by atoms with Gasteiger partial charge >= 0.3 is 0 Å². The van der Waals surface area contributed by atoms with E-state index in [0.29, 0.717) is 0 Å². The molecule has 0 spiro atoms. The first-order chi connectivity index (χ1) is 25.7. The number of fused-ring (bicyclic) bond motifs is 2. The second kappa shape index (κ2) is 14.6. The molecule has 250 valence electrons. The average Bonchev–Trinajstić information content (AvgIpc) is 3.69. The van der Waals surface area contributed by atoms with E-state index in [4.69, 9.17) is 18.7 Å². The van der Waals surface area contributed by atoms with E-state index in [-0.39, 0.29) is 0 Å². The molecule has 0 bridgehead atoms. The maximum atomic E-state index is 4.91. The largest absolute Gasteiger partial charge is 0.311 e. The molecule has 6 nitrogen and oxygen atoms in total. The first-order valence-electron chi connectivity index (χ1n) is 17.1. The minimum atomic E-state index is 0.783. The highest BCUT2D eigenvalue weighted by molar-refractivity contribution is 7.00. The molecular formula is C45H34N6S. The zero-order valence-corrected chi connectivity index (χ0v) is 29.4. The first kappa shape index (κ1) is 32.5. The van der Waals surface area contributed by atoms with E-state index in [9.17, 15) is 0 Å². The van der Waals surface area contributed by atoms with Crippen molar-refractivity contribution in [3.63, 3.8) is 0 Å². The van der Waals surface area contributed by atoms with Crippen LogP contribution < -0.4 is 9.80 Å². The summed E-state index contributed by atoms with van der Waals surface area (Å²) in [6.45, 7) is 5.98. The van der Waals surface area contributed by atoms with Gasteiger partial charge in [0.1, 0.15) is 11.0 Å². The van der Waals surface area contributed by atoms with Crippen LogP contribution in [0, 0.1) is 0 Å². The SMILES string of the molecule is C=C/C=C(\C=C/C)N(c1ccccc1)c1ccc(-c2c3nccnc3c(-c3ccc(N(c4ccccc4)c4ccccc4)cc3)c3nsnc23)cc1. The summed E-state index contributed by atoms with van der Waals surface area (Å²) in [5, 5.41) is 0. The lowest BCUT2D eigenvalue weighted by atomic mass is 9.94. The van der Waals surface area contributed by atoms with Gasteiger partial charge in [-0.1, -0.05) is 97.6 Å². The van der Waals surface area contributed by atoms with Crippen LogP contribution in [0.15, 0.2) is 189 Å². The Hall–Kier alpha value is -6.70. The van der Waals surface area contributed by atoms with Crippen molar-refractivity contribution in [2.24, 2.45) is 0 Å². The van der Waals surface area contributed by atoms with Gasteiger partial charge in [-0.2, -0.15) is 8.75 Å². The monoisotopic (exact) mass is 690 g/mol. The first-order valence-corrected chi connectivity index (χ1v) is 17.8. The van der Waals surface area contributed by atoms with Crippen LogP contribution >= 0.6 is 11.7 Å². The lowest BCUT2D eigenvalue weighted by molar-refractivity contribution is 1.21. The molecule has 0 saturated heterocycles. The normalized spacial score (nSPS) is 11.7. The van der Waals surface area contributed by atoms with Gasteiger partial charge in [-0.25, -0.2) is 0 Å². The van der Waals surface area contributed by atoms with Crippen LogP contribution in [0.25, 0.3) is 44.3 Å².